The van der Waals surface area contributed by atoms with Gasteiger partial charge in [-0.2, -0.15) is 0 Å². The molecule has 0 fully saturated rings. The summed E-state index contributed by atoms with van der Waals surface area (Å²) in [5.41, 5.74) is 3.96. The second kappa shape index (κ2) is 13.2. The third-order valence-electron chi connectivity index (χ3n) is 6.43. The largest absolute Gasteiger partial charge is 0.478 e. The topological polar surface area (TPSA) is 95.1 Å². The van der Waals surface area contributed by atoms with E-state index in [4.69, 9.17) is 34.8 Å². The van der Waals surface area contributed by atoms with Crippen molar-refractivity contribution in [2.24, 2.45) is 0 Å². The molecule has 3 N–H and O–H groups in total. The van der Waals surface area contributed by atoms with E-state index in [0.717, 1.165) is 12.0 Å². The van der Waals surface area contributed by atoms with Crippen LogP contribution in [-0.2, 0) is 0 Å². The van der Waals surface area contributed by atoms with Crippen molar-refractivity contribution < 1.29 is 19.1 Å². The number of carbonyl (C=O) groups excluding carboxylic acids is 1. The van der Waals surface area contributed by atoms with E-state index in [0.29, 0.717) is 39.4 Å². The summed E-state index contributed by atoms with van der Waals surface area (Å²) in [6, 6.07) is 13.9. The van der Waals surface area contributed by atoms with Gasteiger partial charge >= 0.3 is 5.97 Å². The number of carboxylic acids is 1. The third-order valence-corrected chi connectivity index (χ3v) is 7.12. The maximum atomic E-state index is 14.0. The van der Waals surface area contributed by atoms with E-state index in [1.807, 2.05) is 19.1 Å². The lowest BCUT2D eigenvalue weighted by atomic mass is 9.92. The van der Waals surface area contributed by atoms with Crippen molar-refractivity contribution >= 4 is 68.9 Å². The van der Waals surface area contributed by atoms with Gasteiger partial charge in [0.2, 0.25) is 0 Å². The third kappa shape index (κ3) is 6.88. The highest BCUT2D eigenvalue weighted by Crippen LogP contribution is 2.33. The number of aromatic carboxylic acids is 1. The Labute approximate surface area is 251 Å². The molecule has 0 aliphatic heterocycles. The smallest absolute Gasteiger partial charge is 0.336 e. The molecule has 1 atom stereocenters. The number of hydrogen-bond donors (Lipinski definition) is 3. The molecule has 0 aliphatic carbocycles. The number of benzene rings is 3. The predicted octanol–water partition coefficient (Wildman–Crippen LogP) is 8.83. The van der Waals surface area contributed by atoms with Crippen LogP contribution < -0.4 is 5.32 Å². The molecule has 0 radical (unpaired) electrons. The van der Waals surface area contributed by atoms with Crippen LogP contribution in [-0.4, -0.2) is 27.0 Å². The number of rotatable bonds is 10. The van der Waals surface area contributed by atoms with E-state index in [1.54, 1.807) is 18.2 Å². The monoisotopic (exact) mass is 611 g/mol. The number of nitrogens with one attached hydrogen (secondary N) is 2. The van der Waals surface area contributed by atoms with Crippen molar-refractivity contribution in [2.75, 3.05) is 0 Å². The van der Waals surface area contributed by atoms with Gasteiger partial charge in [-0.1, -0.05) is 79.0 Å². The molecule has 0 spiro atoms. The van der Waals surface area contributed by atoms with Crippen LogP contribution in [0.2, 0.25) is 10.0 Å². The van der Waals surface area contributed by atoms with Crippen LogP contribution in [0, 0.1) is 5.82 Å². The molecule has 0 aliphatic rings. The van der Waals surface area contributed by atoms with Gasteiger partial charge < -0.3 is 15.4 Å². The molecule has 4 aromatic rings. The number of fused-ring (bicyclic) bond motifs is 1. The van der Waals surface area contributed by atoms with Crippen molar-refractivity contribution in [1.29, 1.82) is 0 Å². The SMILES string of the molecule is C=C(/C(=C\C=C/Cl)c1nc2cc(Cl)c(F)cc2[nH]1)c1ccc(C(=O)NC(CCC)c2ccc(Cl)cc2)cc1C(=O)O. The summed E-state index contributed by atoms with van der Waals surface area (Å²) in [6.45, 7) is 6.13. The second-order valence-corrected chi connectivity index (χ2v) is 10.3. The minimum atomic E-state index is -1.25. The fourth-order valence-corrected chi connectivity index (χ4v) is 4.76. The van der Waals surface area contributed by atoms with Crippen molar-refractivity contribution in [3.63, 3.8) is 0 Å². The van der Waals surface area contributed by atoms with Crippen molar-refractivity contribution in [3.05, 3.63) is 123 Å². The van der Waals surface area contributed by atoms with E-state index >= 15 is 0 Å². The highest BCUT2D eigenvalue weighted by molar-refractivity contribution is 6.31. The van der Waals surface area contributed by atoms with Gasteiger partial charge in [0, 0.05) is 27.8 Å². The first kappa shape index (κ1) is 30.1. The Morgan fingerprint density at radius 2 is 1.85 bits per heavy atom. The summed E-state index contributed by atoms with van der Waals surface area (Å²) in [5, 5.41) is 13.6. The van der Waals surface area contributed by atoms with Gasteiger partial charge in [0.1, 0.15) is 11.6 Å². The summed E-state index contributed by atoms with van der Waals surface area (Å²) >= 11 is 17.7. The molecule has 1 amide bonds. The van der Waals surface area contributed by atoms with Crippen LogP contribution in [0.4, 0.5) is 4.39 Å². The number of halogens is 4. The molecule has 10 heteroatoms. The van der Waals surface area contributed by atoms with Gasteiger partial charge in [-0.3, -0.25) is 4.79 Å². The minimum absolute atomic E-state index is 0.0835. The summed E-state index contributed by atoms with van der Waals surface area (Å²) in [6.07, 6.45) is 4.62. The van der Waals surface area contributed by atoms with Crippen LogP contribution in [0.3, 0.4) is 0 Å². The number of aromatic amines is 1. The lowest BCUT2D eigenvalue weighted by Crippen LogP contribution is -2.28. The molecule has 1 unspecified atom stereocenters. The molecule has 1 aromatic heterocycles. The summed E-state index contributed by atoms with van der Waals surface area (Å²) < 4.78 is 14.0. The number of hydrogen-bond acceptors (Lipinski definition) is 3. The Morgan fingerprint density at radius 3 is 2.51 bits per heavy atom. The maximum absolute atomic E-state index is 14.0. The molecule has 210 valence electrons. The number of aromatic nitrogens is 2. The van der Waals surface area contributed by atoms with E-state index in [9.17, 15) is 19.1 Å². The molecule has 6 nitrogen and oxygen atoms in total. The Morgan fingerprint density at radius 1 is 1.12 bits per heavy atom. The van der Waals surface area contributed by atoms with Crippen LogP contribution in [0.15, 0.2) is 78.9 Å². The van der Waals surface area contributed by atoms with Crippen LogP contribution in [0.5, 0.6) is 0 Å². The lowest BCUT2D eigenvalue weighted by Gasteiger charge is -2.19. The van der Waals surface area contributed by atoms with Gasteiger partial charge in [0.15, 0.2) is 0 Å². The number of nitrogens with zero attached hydrogens (tertiary/aromatic N) is 1. The Balaban J connectivity index is 1.69. The normalized spacial score (nSPS) is 12.6. The highest BCUT2D eigenvalue weighted by Gasteiger charge is 2.22. The zero-order chi connectivity index (χ0) is 29.7. The number of amides is 1. The van der Waals surface area contributed by atoms with E-state index in [-0.39, 0.29) is 27.8 Å². The van der Waals surface area contributed by atoms with Crippen LogP contribution >= 0.6 is 34.8 Å². The molecule has 0 bridgehead atoms. The van der Waals surface area contributed by atoms with E-state index in [2.05, 4.69) is 21.9 Å². The van der Waals surface area contributed by atoms with Crippen molar-refractivity contribution in [2.45, 2.75) is 25.8 Å². The standard InChI is InChI=1S/C31H25Cl3FN3O3/c1-3-5-26(18-7-10-20(33)11-8-18)38-30(39)19-9-12-21(23(14-19)31(40)41)17(2)22(6-4-13-32)29-36-27-15-24(34)25(35)16-28(27)37-29/h4,6-16,26H,2-3,5H2,1H3,(H,36,37)(H,38,39)(H,40,41)/b13-4-,22-6+. The molecule has 3 aromatic carbocycles. The quantitative estimate of drug-likeness (QED) is 0.156. The fraction of sp³-hybridized carbons (Fsp3) is 0.129. The van der Waals surface area contributed by atoms with Gasteiger partial charge in [0.25, 0.3) is 5.91 Å². The minimum Gasteiger partial charge on any atom is -0.478 e. The average Bonchev–Trinajstić information content (AvgIpc) is 3.35. The molecular formula is C31H25Cl3FN3O3. The molecular weight excluding hydrogens is 588 g/mol. The number of allylic oxidation sites excluding steroid dienone is 4. The zero-order valence-corrected chi connectivity index (χ0v) is 24.1. The first-order chi connectivity index (χ1) is 19.6. The first-order valence-corrected chi connectivity index (χ1v) is 13.8. The first-order valence-electron chi connectivity index (χ1n) is 12.6. The van der Waals surface area contributed by atoms with Crippen LogP contribution in [0.25, 0.3) is 22.2 Å². The van der Waals surface area contributed by atoms with E-state index in [1.165, 1.54) is 41.9 Å². The number of carbonyl (C=O) groups is 2. The predicted molar refractivity (Wildman–Crippen MR) is 163 cm³/mol. The summed E-state index contributed by atoms with van der Waals surface area (Å²) in [7, 11) is 0. The molecule has 4 rings (SSSR count). The van der Waals surface area contributed by atoms with Gasteiger partial charge in [-0.05, 0) is 59.5 Å². The Kier molecular flexibility index (Phi) is 9.65. The van der Waals surface area contributed by atoms with Gasteiger partial charge in [-0.15, -0.1) is 0 Å². The second-order valence-electron chi connectivity index (χ2n) is 9.18. The fourth-order valence-electron chi connectivity index (χ4n) is 4.41. The Bertz CT molecular complexity index is 1660. The van der Waals surface area contributed by atoms with Crippen molar-refractivity contribution in [3.8, 4) is 0 Å². The Hall–Kier alpha value is -3.91. The summed E-state index contributed by atoms with van der Waals surface area (Å²) in [4.78, 5) is 33.1. The molecule has 41 heavy (non-hydrogen) atoms. The van der Waals surface area contributed by atoms with Gasteiger partial charge in [0.05, 0.1) is 27.7 Å². The van der Waals surface area contributed by atoms with Crippen molar-refractivity contribution in [1.82, 2.24) is 15.3 Å². The van der Waals surface area contributed by atoms with Crippen LogP contribution in [0.1, 0.15) is 63.5 Å². The number of carboxylic acid groups (broad SMARTS) is 1. The zero-order valence-electron chi connectivity index (χ0n) is 21.8. The number of imidazole rings is 1. The van der Waals surface area contributed by atoms with Gasteiger partial charge in [-0.25, -0.2) is 14.2 Å². The average molecular weight is 613 g/mol. The summed E-state index contributed by atoms with van der Waals surface area (Å²) in [5.74, 6) is -1.98. The molecule has 1 heterocycles. The van der Waals surface area contributed by atoms with E-state index < -0.39 is 17.7 Å². The maximum Gasteiger partial charge on any atom is 0.336 e. The number of H-pyrrole nitrogens is 1. The lowest BCUT2D eigenvalue weighted by molar-refractivity contribution is 0.0696. The highest BCUT2D eigenvalue weighted by atomic mass is 35.5. The molecule has 0 saturated heterocycles. The molecule has 0 saturated carbocycles.